The predicted molar refractivity (Wildman–Crippen MR) is 62.7 cm³/mol. The maximum Gasteiger partial charge on any atom is 0.320 e. The third kappa shape index (κ3) is 2.23. The summed E-state index contributed by atoms with van der Waals surface area (Å²) in [5.41, 5.74) is 0. The summed E-state index contributed by atoms with van der Waals surface area (Å²) in [4.78, 5) is 26.4. The molecular weight excluding hydrogens is 220 g/mol. The van der Waals surface area contributed by atoms with Crippen LogP contribution in [0.3, 0.4) is 0 Å². The van der Waals surface area contributed by atoms with Gasteiger partial charge in [-0.15, -0.1) is 0 Å². The van der Waals surface area contributed by atoms with Gasteiger partial charge in [0.2, 0.25) is 0 Å². The Kier molecular flexibility index (Phi) is 3.26. The topological polar surface area (TPSA) is 60.9 Å². The van der Waals surface area contributed by atoms with Gasteiger partial charge < -0.3 is 14.9 Å². The molecule has 0 saturated carbocycles. The number of piperidine rings is 1. The van der Waals surface area contributed by atoms with Crippen LogP contribution in [0.2, 0.25) is 0 Å². The summed E-state index contributed by atoms with van der Waals surface area (Å²) in [5.74, 6) is -0.630. The van der Waals surface area contributed by atoms with Crippen LogP contribution in [0.15, 0.2) is 0 Å². The van der Waals surface area contributed by atoms with Crippen molar-refractivity contribution in [1.29, 1.82) is 0 Å². The summed E-state index contributed by atoms with van der Waals surface area (Å²) in [7, 11) is 0. The molecule has 2 rings (SSSR count). The number of carboxylic acids is 1. The van der Waals surface area contributed by atoms with Crippen molar-refractivity contribution in [3.8, 4) is 0 Å². The molecule has 5 nitrogen and oxygen atoms in total. The smallest absolute Gasteiger partial charge is 0.320 e. The largest absolute Gasteiger partial charge is 0.481 e. The first-order valence-corrected chi connectivity index (χ1v) is 6.29. The van der Waals surface area contributed by atoms with Crippen LogP contribution >= 0.6 is 0 Å². The molecule has 2 saturated heterocycles. The molecule has 0 bridgehead atoms. The highest BCUT2D eigenvalue weighted by Gasteiger charge is 2.39. The van der Waals surface area contributed by atoms with E-state index in [2.05, 4.69) is 13.8 Å². The highest BCUT2D eigenvalue weighted by atomic mass is 16.4. The fourth-order valence-electron chi connectivity index (χ4n) is 2.58. The summed E-state index contributed by atoms with van der Waals surface area (Å²) in [6.45, 7) is 5.78. The minimum absolute atomic E-state index is 0.0153. The fraction of sp³-hybridized carbons (Fsp3) is 0.833. The zero-order valence-corrected chi connectivity index (χ0v) is 10.4. The summed E-state index contributed by atoms with van der Waals surface area (Å²) in [6.07, 6.45) is 2.22. The Hall–Kier alpha value is -1.26. The molecule has 0 aliphatic carbocycles. The zero-order chi connectivity index (χ0) is 12.6. The molecule has 0 spiro atoms. The highest BCUT2D eigenvalue weighted by molar-refractivity contribution is 5.80. The lowest BCUT2D eigenvalue weighted by Gasteiger charge is -2.45. The van der Waals surface area contributed by atoms with E-state index in [1.165, 1.54) is 6.42 Å². The molecule has 2 unspecified atom stereocenters. The molecule has 2 aliphatic rings. The van der Waals surface area contributed by atoms with E-state index < -0.39 is 5.97 Å². The third-order valence-electron chi connectivity index (χ3n) is 4.12. The summed E-state index contributed by atoms with van der Waals surface area (Å²) < 4.78 is 0. The number of nitrogens with zero attached hydrogens (tertiary/aromatic N) is 2. The van der Waals surface area contributed by atoms with Crippen molar-refractivity contribution >= 4 is 12.0 Å². The number of likely N-dealkylation sites (tertiary alicyclic amines) is 2. The summed E-state index contributed by atoms with van der Waals surface area (Å²) >= 11 is 0. The van der Waals surface area contributed by atoms with E-state index in [1.54, 1.807) is 4.90 Å². The molecule has 96 valence electrons. The minimum Gasteiger partial charge on any atom is -0.481 e. The molecule has 2 heterocycles. The lowest BCUT2D eigenvalue weighted by molar-refractivity contribution is -0.146. The first-order valence-electron chi connectivity index (χ1n) is 6.29. The monoisotopic (exact) mass is 240 g/mol. The second-order valence-corrected chi connectivity index (χ2v) is 5.28. The summed E-state index contributed by atoms with van der Waals surface area (Å²) in [5, 5.41) is 8.79. The lowest BCUT2D eigenvalue weighted by Crippen LogP contribution is -2.60. The van der Waals surface area contributed by atoms with Crippen molar-refractivity contribution in [2.24, 2.45) is 11.8 Å². The molecule has 0 aromatic rings. The SMILES string of the molecule is CC1CCCN(C(=O)N2CC(C(=O)O)C2)C1C. The van der Waals surface area contributed by atoms with Gasteiger partial charge in [0.15, 0.2) is 0 Å². The van der Waals surface area contributed by atoms with Crippen molar-refractivity contribution < 1.29 is 14.7 Å². The number of carboxylic acid groups (broad SMARTS) is 1. The molecule has 0 aromatic carbocycles. The number of urea groups is 1. The fourth-order valence-corrected chi connectivity index (χ4v) is 2.58. The molecule has 2 aliphatic heterocycles. The molecule has 2 fully saturated rings. The maximum atomic E-state index is 12.2. The Morgan fingerprint density at radius 1 is 1.24 bits per heavy atom. The Morgan fingerprint density at radius 3 is 2.47 bits per heavy atom. The Bertz CT molecular complexity index is 326. The number of carbonyl (C=O) groups is 2. The van der Waals surface area contributed by atoms with E-state index in [0.29, 0.717) is 19.0 Å². The van der Waals surface area contributed by atoms with Gasteiger partial charge >= 0.3 is 12.0 Å². The number of hydrogen-bond acceptors (Lipinski definition) is 2. The van der Waals surface area contributed by atoms with Gasteiger partial charge in [-0.2, -0.15) is 0 Å². The third-order valence-corrected chi connectivity index (χ3v) is 4.12. The Balaban J connectivity index is 1.90. The molecular formula is C12H20N2O3. The van der Waals surface area contributed by atoms with Crippen LogP contribution in [-0.4, -0.2) is 52.6 Å². The standard InChI is InChI=1S/C12H20N2O3/c1-8-4-3-5-14(9(8)2)12(17)13-6-10(7-13)11(15)16/h8-10H,3-7H2,1-2H3,(H,15,16). The molecule has 5 heteroatoms. The van der Waals surface area contributed by atoms with Crippen molar-refractivity contribution in [3.63, 3.8) is 0 Å². The van der Waals surface area contributed by atoms with Gasteiger partial charge in [0.1, 0.15) is 0 Å². The van der Waals surface area contributed by atoms with Gasteiger partial charge in [0.05, 0.1) is 5.92 Å². The van der Waals surface area contributed by atoms with E-state index in [-0.39, 0.29) is 18.0 Å². The van der Waals surface area contributed by atoms with E-state index in [9.17, 15) is 9.59 Å². The molecule has 17 heavy (non-hydrogen) atoms. The van der Waals surface area contributed by atoms with Crippen LogP contribution in [0.25, 0.3) is 0 Å². The van der Waals surface area contributed by atoms with E-state index in [0.717, 1.165) is 13.0 Å². The summed E-state index contributed by atoms with van der Waals surface area (Å²) in [6, 6.07) is 0.279. The van der Waals surface area contributed by atoms with Crippen LogP contribution in [-0.2, 0) is 4.79 Å². The van der Waals surface area contributed by atoms with Gasteiger partial charge in [-0.25, -0.2) is 4.79 Å². The van der Waals surface area contributed by atoms with Crippen molar-refractivity contribution in [2.45, 2.75) is 32.7 Å². The van der Waals surface area contributed by atoms with Crippen LogP contribution in [0.5, 0.6) is 0 Å². The van der Waals surface area contributed by atoms with Crippen molar-refractivity contribution in [1.82, 2.24) is 9.80 Å². The molecule has 1 N–H and O–H groups in total. The molecule has 2 amide bonds. The van der Waals surface area contributed by atoms with E-state index in [4.69, 9.17) is 5.11 Å². The molecule has 2 atom stereocenters. The maximum absolute atomic E-state index is 12.2. The molecule has 0 radical (unpaired) electrons. The van der Waals surface area contributed by atoms with Crippen LogP contribution in [0.1, 0.15) is 26.7 Å². The van der Waals surface area contributed by atoms with Gasteiger partial charge in [-0.1, -0.05) is 6.92 Å². The van der Waals surface area contributed by atoms with Crippen molar-refractivity contribution in [2.75, 3.05) is 19.6 Å². The van der Waals surface area contributed by atoms with E-state index >= 15 is 0 Å². The number of carbonyl (C=O) groups excluding carboxylic acids is 1. The second-order valence-electron chi connectivity index (χ2n) is 5.28. The normalized spacial score (nSPS) is 30.0. The number of amides is 2. The number of hydrogen-bond donors (Lipinski definition) is 1. The second kappa shape index (κ2) is 4.55. The van der Waals surface area contributed by atoms with Crippen molar-refractivity contribution in [3.05, 3.63) is 0 Å². The lowest BCUT2D eigenvalue weighted by atomic mass is 9.92. The zero-order valence-electron chi connectivity index (χ0n) is 10.4. The van der Waals surface area contributed by atoms with Gasteiger partial charge in [0, 0.05) is 25.7 Å². The first-order chi connectivity index (χ1) is 8.00. The minimum atomic E-state index is -0.797. The van der Waals surface area contributed by atoms with E-state index in [1.807, 2.05) is 4.90 Å². The van der Waals surface area contributed by atoms with Gasteiger partial charge in [0.25, 0.3) is 0 Å². The number of rotatable bonds is 1. The highest BCUT2D eigenvalue weighted by Crippen LogP contribution is 2.26. The van der Waals surface area contributed by atoms with Crippen LogP contribution in [0, 0.1) is 11.8 Å². The molecule has 0 aromatic heterocycles. The van der Waals surface area contributed by atoms with Crippen LogP contribution in [0.4, 0.5) is 4.79 Å². The number of aliphatic carboxylic acids is 1. The average molecular weight is 240 g/mol. The predicted octanol–water partition coefficient (Wildman–Crippen LogP) is 1.24. The van der Waals surface area contributed by atoms with Crippen LogP contribution < -0.4 is 0 Å². The first kappa shape index (κ1) is 12.2. The average Bonchev–Trinajstić information content (AvgIpc) is 2.19. The Morgan fingerprint density at radius 2 is 1.88 bits per heavy atom. The van der Waals surface area contributed by atoms with Gasteiger partial charge in [-0.3, -0.25) is 4.79 Å². The van der Waals surface area contributed by atoms with Gasteiger partial charge in [-0.05, 0) is 25.7 Å². The Labute approximate surface area is 101 Å². The quantitative estimate of drug-likeness (QED) is 0.750.